The lowest BCUT2D eigenvalue weighted by atomic mass is 10.2. The summed E-state index contributed by atoms with van der Waals surface area (Å²) >= 11 is 5.77. The van der Waals surface area contributed by atoms with E-state index < -0.39 is 5.82 Å². The summed E-state index contributed by atoms with van der Waals surface area (Å²) in [5.74, 6) is 0.548. The molecule has 0 amide bonds. The molecule has 6 nitrogen and oxygen atoms in total. The van der Waals surface area contributed by atoms with Crippen LogP contribution in [0.1, 0.15) is 5.82 Å². The van der Waals surface area contributed by atoms with Gasteiger partial charge in [0.15, 0.2) is 5.82 Å². The van der Waals surface area contributed by atoms with Crippen LogP contribution in [0.25, 0.3) is 16.7 Å². The van der Waals surface area contributed by atoms with E-state index in [0.717, 1.165) is 0 Å². The van der Waals surface area contributed by atoms with Crippen molar-refractivity contribution in [2.45, 2.75) is 6.54 Å². The van der Waals surface area contributed by atoms with Gasteiger partial charge >= 0.3 is 0 Å². The average Bonchev–Trinajstić information content (AvgIpc) is 3.03. The maximum Gasteiger partial charge on any atom is 0.262 e. The molecule has 126 valence electrons. The largest absolute Gasteiger partial charge is 0.375 e. The Kier molecular flexibility index (Phi) is 3.65. The third kappa shape index (κ3) is 2.53. The maximum absolute atomic E-state index is 13.9. The van der Waals surface area contributed by atoms with Crippen molar-refractivity contribution in [3.8, 4) is 0 Å². The van der Waals surface area contributed by atoms with Gasteiger partial charge in [-0.3, -0.25) is 13.8 Å². The third-order valence-electron chi connectivity index (χ3n) is 4.06. The van der Waals surface area contributed by atoms with E-state index in [4.69, 9.17) is 11.6 Å². The molecular weight excluding hydrogens is 345 g/mol. The number of halogens is 2. The average molecular weight is 358 g/mol. The number of fused-ring (bicyclic) bond motifs is 3. The van der Waals surface area contributed by atoms with Gasteiger partial charge < -0.3 is 5.32 Å². The smallest absolute Gasteiger partial charge is 0.262 e. The van der Waals surface area contributed by atoms with E-state index in [0.29, 0.717) is 33.2 Å². The number of para-hydroxylation sites is 1. The zero-order valence-corrected chi connectivity index (χ0v) is 14.0. The molecule has 4 rings (SSSR count). The number of aromatic nitrogens is 4. The van der Waals surface area contributed by atoms with Crippen molar-refractivity contribution in [1.82, 2.24) is 19.2 Å². The van der Waals surface area contributed by atoms with Gasteiger partial charge in [0.05, 0.1) is 23.1 Å². The SMILES string of the molecule is Cn1c(=O)c2ccccc2n2c(CNc3ccc(Cl)cc3F)nnc12. The Morgan fingerprint density at radius 3 is 2.80 bits per heavy atom. The van der Waals surface area contributed by atoms with Crippen molar-refractivity contribution in [2.24, 2.45) is 7.05 Å². The number of benzene rings is 2. The Bertz CT molecular complexity index is 1170. The molecule has 0 unspecified atom stereocenters. The van der Waals surface area contributed by atoms with Crippen LogP contribution in [0, 0.1) is 5.82 Å². The van der Waals surface area contributed by atoms with Gasteiger partial charge in [0.2, 0.25) is 5.78 Å². The minimum absolute atomic E-state index is 0.140. The Hall–Kier alpha value is -2.93. The van der Waals surface area contributed by atoms with Crippen molar-refractivity contribution >= 4 is 34.0 Å². The van der Waals surface area contributed by atoms with Crippen molar-refractivity contribution < 1.29 is 4.39 Å². The molecule has 0 bridgehead atoms. The summed E-state index contributed by atoms with van der Waals surface area (Å²) in [6.07, 6.45) is 0. The van der Waals surface area contributed by atoms with Crippen molar-refractivity contribution in [3.05, 3.63) is 69.5 Å². The second kappa shape index (κ2) is 5.86. The van der Waals surface area contributed by atoms with Gasteiger partial charge in [0, 0.05) is 12.1 Å². The Labute approximate surface area is 146 Å². The fraction of sp³-hybridized carbons (Fsp3) is 0.118. The van der Waals surface area contributed by atoms with Gasteiger partial charge in [-0.2, -0.15) is 0 Å². The highest BCUT2D eigenvalue weighted by atomic mass is 35.5. The van der Waals surface area contributed by atoms with Crippen LogP contribution in [-0.2, 0) is 13.6 Å². The van der Waals surface area contributed by atoms with Crippen molar-refractivity contribution in [1.29, 1.82) is 0 Å². The first-order chi connectivity index (χ1) is 12.1. The maximum atomic E-state index is 13.9. The molecule has 25 heavy (non-hydrogen) atoms. The van der Waals surface area contributed by atoms with E-state index in [9.17, 15) is 9.18 Å². The van der Waals surface area contributed by atoms with Crippen molar-refractivity contribution in [3.63, 3.8) is 0 Å². The molecule has 0 saturated heterocycles. The molecule has 8 heteroatoms. The molecule has 2 aromatic carbocycles. The van der Waals surface area contributed by atoms with E-state index >= 15 is 0 Å². The number of aryl methyl sites for hydroxylation is 1. The standard InChI is InChI=1S/C17H13ClFN5O/c1-23-16(25)11-4-2-3-5-14(11)24-15(21-22-17(23)24)9-20-13-7-6-10(18)8-12(13)19/h2-8,20H,9H2,1H3. The molecule has 2 heterocycles. The Morgan fingerprint density at radius 1 is 1.20 bits per heavy atom. The molecule has 0 atom stereocenters. The van der Waals surface area contributed by atoms with Crippen LogP contribution in [0.2, 0.25) is 5.02 Å². The molecule has 0 aliphatic rings. The molecule has 0 spiro atoms. The van der Waals surface area contributed by atoms with Crippen LogP contribution in [0.15, 0.2) is 47.3 Å². The molecule has 2 aromatic heterocycles. The lowest BCUT2D eigenvalue weighted by molar-refractivity contribution is 0.630. The molecule has 0 saturated carbocycles. The highest BCUT2D eigenvalue weighted by Gasteiger charge is 2.14. The van der Waals surface area contributed by atoms with Crippen LogP contribution in [0.4, 0.5) is 10.1 Å². The minimum atomic E-state index is -0.446. The lowest BCUT2D eigenvalue weighted by Crippen LogP contribution is -2.20. The fourth-order valence-electron chi connectivity index (χ4n) is 2.81. The number of hydrogen-bond donors (Lipinski definition) is 1. The Balaban J connectivity index is 1.82. The van der Waals surface area contributed by atoms with E-state index in [1.54, 1.807) is 35.7 Å². The van der Waals surface area contributed by atoms with Gasteiger partial charge in [-0.1, -0.05) is 23.7 Å². The van der Waals surface area contributed by atoms with Crippen LogP contribution in [-0.4, -0.2) is 19.2 Å². The number of nitrogens with zero attached hydrogens (tertiary/aromatic N) is 4. The summed E-state index contributed by atoms with van der Waals surface area (Å²) in [7, 11) is 1.65. The predicted octanol–water partition coefficient (Wildman–Crippen LogP) is 2.99. The summed E-state index contributed by atoms with van der Waals surface area (Å²) in [6, 6.07) is 11.7. The van der Waals surface area contributed by atoms with Crippen LogP contribution in [0.3, 0.4) is 0 Å². The van der Waals surface area contributed by atoms with Gasteiger partial charge in [0.25, 0.3) is 5.56 Å². The first-order valence-electron chi connectivity index (χ1n) is 7.57. The zero-order chi connectivity index (χ0) is 17.6. The quantitative estimate of drug-likeness (QED) is 0.612. The first kappa shape index (κ1) is 15.6. The van der Waals surface area contributed by atoms with Crippen molar-refractivity contribution in [2.75, 3.05) is 5.32 Å². The summed E-state index contributed by atoms with van der Waals surface area (Å²) in [5, 5.41) is 12.1. The molecule has 0 radical (unpaired) electrons. The zero-order valence-electron chi connectivity index (χ0n) is 13.2. The number of nitrogens with one attached hydrogen (secondary N) is 1. The molecular formula is C17H13ClFN5O. The van der Waals surface area contributed by atoms with Crippen LogP contribution in [0.5, 0.6) is 0 Å². The predicted molar refractivity (Wildman–Crippen MR) is 94.5 cm³/mol. The lowest BCUT2D eigenvalue weighted by Gasteiger charge is -2.09. The van der Waals surface area contributed by atoms with E-state index in [1.807, 2.05) is 12.1 Å². The van der Waals surface area contributed by atoms with E-state index in [2.05, 4.69) is 15.5 Å². The topological polar surface area (TPSA) is 64.2 Å². The highest BCUT2D eigenvalue weighted by Crippen LogP contribution is 2.20. The van der Waals surface area contributed by atoms with E-state index in [-0.39, 0.29) is 12.1 Å². The molecule has 0 aliphatic carbocycles. The van der Waals surface area contributed by atoms with Gasteiger partial charge in [-0.25, -0.2) is 4.39 Å². The summed E-state index contributed by atoms with van der Waals surface area (Å²) in [6.45, 7) is 0.238. The monoisotopic (exact) mass is 357 g/mol. The number of rotatable bonds is 3. The second-order valence-electron chi connectivity index (χ2n) is 5.61. The Morgan fingerprint density at radius 2 is 2.00 bits per heavy atom. The normalized spacial score (nSPS) is 11.3. The highest BCUT2D eigenvalue weighted by molar-refractivity contribution is 6.30. The number of hydrogen-bond acceptors (Lipinski definition) is 4. The van der Waals surface area contributed by atoms with Gasteiger partial charge in [-0.15, -0.1) is 10.2 Å². The third-order valence-corrected chi connectivity index (χ3v) is 4.30. The second-order valence-corrected chi connectivity index (χ2v) is 6.05. The first-order valence-corrected chi connectivity index (χ1v) is 7.95. The fourth-order valence-corrected chi connectivity index (χ4v) is 2.97. The molecule has 1 N–H and O–H groups in total. The molecule has 4 aromatic rings. The summed E-state index contributed by atoms with van der Waals surface area (Å²) in [4.78, 5) is 12.4. The van der Waals surface area contributed by atoms with Gasteiger partial charge in [0.1, 0.15) is 5.82 Å². The number of anilines is 1. The van der Waals surface area contributed by atoms with Gasteiger partial charge in [-0.05, 0) is 30.3 Å². The minimum Gasteiger partial charge on any atom is -0.375 e. The van der Waals surface area contributed by atoms with E-state index in [1.165, 1.54) is 10.6 Å². The van der Waals surface area contributed by atoms with Crippen LogP contribution < -0.4 is 10.9 Å². The van der Waals surface area contributed by atoms with Crippen LogP contribution >= 0.6 is 11.6 Å². The summed E-state index contributed by atoms with van der Waals surface area (Å²) < 4.78 is 17.2. The summed E-state index contributed by atoms with van der Waals surface area (Å²) in [5.41, 5.74) is 0.882. The molecule has 0 aliphatic heterocycles. The molecule has 0 fully saturated rings.